The van der Waals surface area contributed by atoms with Gasteiger partial charge < -0.3 is 5.32 Å². The van der Waals surface area contributed by atoms with E-state index in [1.807, 2.05) is 47.6 Å². The predicted octanol–water partition coefficient (Wildman–Crippen LogP) is 9.81. The van der Waals surface area contributed by atoms with Gasteiger partial charge in [0, 0.05) is 32.4 Å². The fourth-order valence-corrected chi connectivity index (χ4v) is 1.95. The Kier molecular flexibility index (Phi) is 48.1. The molecule has 1 aromatic heterocycles. The van der Waals surface area contributed by atoms with Crippen LogP contribution in [0.1, 0.15) is 106 Å². The first-order valence-electron chi connectivity index (χ1n) is 13.1. The maximum Gasteiger partial charge on any atom is 0.280 e. The molecular weight excluding hydrogens is 454 g/mol. The number of nitrogens with one attached hydrogen (secondary N) is 1. The molecule has 1 aromatic rings. The van der Waals surface area contributed by atoms with Crippen molar-refractivity contribution < 1.29 is 8.78 Å². The Morgan fingerprint density at radius 1 is 1.08 bits per heavy atom. The van der Waals surface area contributed by atoms with Gasteiger partial charge in [0.2, 0.25) is 0 Å². The third kappa shape index (κ3) is 31.5. The van der Waals surface area contributed by atoms with Gasteiger partial charge in [-0.3, -0.25) is 15.0 Å². The molecule has 210 valence electrons. The van der Waals surface area contributed by atoms with Crippen LogP contribution < -0.4 is 5.32 Å². The van der Waals surface area contributed by atoms with E-state index in [2.05, 4.69) is 60.3 Å². The molecule has 0 aromatic carbocycles. The van der Waals surface area contributed by atoms with E-state index in [1.54, 1.807) is 32.5 Å². The number of hydrogen-bond acceptors (Lipinski definition) is 4. The largest absolute Gasteiger partial charge is 0.316 e. The molecule has 0 aliphatic rings. The van der Waals surface area contributed by atoms with Crippen LogP contribution in [0.2, 0.25) is 0 Å². The van der Waals surface area contributed by atoms with Gasteiger partial charge >= 0.3 is 0 Å². The lowest BCUT2D eigenvalue weighted by Crippen LogP contribution is -2.05. The predicted molar refractivity (Wildman–Crippen MR) is 162 cm³/mol. The monoisotopic (exact) mass is 510 g/mol. The van der Waals surface area contributed by atoms with E-state index in [-0.39, 0.29) is 5.69 Å². The Balaban J connectivity index is -0.000000128. The minimum atomic E-state index is -2.48. The van der Waals surface area contributed by atoms with Crippen LogP contribution in [0, 0.1) is 0 Å². The van der Waals surface area contributed by atoms with Crippen LogP contribution >= 0.6 is 0 Å². The highest BCUT2D eigenvalue weighted by molar-refractivity contribution is 6.01. The smallest absolute Gasteiger partial charge is 0.280 e. The van der Waals surface area contributed by atoms with E-state index >= 15 is 0 Å². The lowest BCUT2D eigenvalue weighted by Gasteiger charge is -2.02. The Bertz CT molecular complexity index is 665. The van der Waals surface area contributed by atoms with E-state index in [0.717, 1.165) is 29.8 Å². The van der Waals surface area contributed by atoms with Gasteiger partial charge in [0.1, 0.15) is 5.69 Å². The number of pyridine rings is 1. The highest BCUT2D eigenvalue weighted by Gasteiger charge is 2.07. The van der Waals surface area contributed by atoms with Crippen LogP contribution in [0.15, 0.2) is 65.4 Å². The number of alkyl halides is 2. The summed E-state index contributed by atoms with van der Waals surface area (Å²) in [6.45, 7) is 25.9. The van der Waals surface area contributed by atoms with E-state index in [9.17, 15) is 8.78 Å². The SMILES string of the molecule is C=CC.C=CCC(=NC)C(=CCC)N=CC.CC.CC.CCCC.CNCc1ccnc(C(F)F)c1. The van der Waals surface area contributed by atoms with Crippen molar-refractivity contribution in [3.63, 3.8) is 0 Å². The molecule has 0 unspecified atom stereocenters. The molecule has 1 heterocycles. The van der Waals surface area contributed by atoms with Gasteiger partial charge in [0.05, 0.1) is 11.4 Å². The molecule has 1 N–H and O–H groups in total. The summed E-state index contributed by atoms with van der Waals surface area (Å²) in [6, 6.07) is 3.11. The Hall–Kier alpha value is -2.47. The van der Waals surface area contributed by atoms with Crippen LogP contribution in [0.3, 0.4) is 0 Å². The fraction of sp³-hybridized carbons (Fsp3) is 0.567. The van der Waals surface area contributed by atoms with Gasteiger partial charge in [-0.1, -0.05) is 79.5 Å². The van der Waals surface area contributed by atoms with Crippen LogP contribution in [0.5, 0.6) is 0 Å². The van der Waals surface area contributed by atoms with Crippen molar-refractivity contribution in [3.05, 3.63) is 66.7 Å². The van der Waals surface area contributed by atoms with E-state index < -0.39 is 6.43 Å². The first-order valence-corrected chi connectivity index (χ1v) is 13.1. The number of halogens is 2. The van der Waals surface area contributed by atoms with Crippen molar-refractivity contribution in [1.82, 2.24) is 10.3 Å². The van der Waals surface area contributed by atoms with E-state index in [4.69, 9.17) is 0 Å². The second kappa shape index (κ2) is 39.7. The molecule has 0 aliphatic heterocycles. The molecule has 0 aliphatic carbocycles. The van der Waals surface area contributed by atoms with Crippen molar-refractivity contribution >= 4 is 11.9 Å². The number of hydrogen-bond donors (Lipinski definition) is 1. The molecule has 0 fully saturated rings. The average Bonchev–Trinajstić information content (AvgIpc) is 2.91. The molecule has 0 amide bonds. The second-order valence-electron chi connectivity index (χ2n) is 6.38. The van der Waals surface area contributed by atoms with Crippen molar-refractivity contribution in [2.45, 2.75) is 101 Å². The van der Waals surface area contributed by atoms with Gasteiger partial charge in [-0.2, -0.15) is 0 Å². The van der Waals surface area contributed by atoms with Crippen molar-refractivity contribution in [2.24, 2.45) is 9.98 Å². The summed E-state index contributed by atoms with van der Waals surface area (Å²) in [5, 5.41) is 2.88. The minimum absolute atomic E-state index is 0.164. The van der Waals surface area contributed by atoms with Gasteiger partial charge in [-0.15, -0.1) is 13.2 Å². The molecule has 36 heavy (non-hydrogen) atoms. The number of aliphatic imine (C=N–C) groups is 2. The lowest BCUT2D eigenvalue weighted by molar-refractivity contribution is 0.146. The molecule has 6 heteroatoms. The summed E-state index contributed by atoms with van der Waals surface area (Å²) in [4.78, 5) is 12.0. The fourth-order valence-electron chi connectivity index (χ4n) is 1.95. The minimum Gasteiger partial charge on any atom is -0.316 e. The summed E-state index contributed by atoms with van der Waals surface area (Å²) in [7, 11) is 3.55. The number of nitrogens with zero attached hydrogens (tertiary/aromatic N) is 3. The maximum absolute atomic E-state index is 12.1. The van der Waals surface area contributed by atoms with Crippen LogP contribution in [-0.2, 0) is 6.54 Å². The third-order valence-corrected chi connectivity index (χ3v) is 3.52. The molecule has 0 saturated heterocycles. The highest BCUT2D eigenvalue weighted by atomic mass is 19.3. The summed E-state index contributed by atoms with van der Waals surface area (Å²) in [5.41, 5.74) is 2.62. The lowest BCUT2D eigenvalue weighted by atomic mass is 10.2. The molecule has 0 bridgehead atoms. The number of allylic oxidation sites excluding steroid dienone is 4. The Morgan fingerprint density at radius 2 is 1.61 bits per heavy atom. The number of aromatic nitrogens is 1. The number of rotatable bonds is 9. The molecule has 1 rings (SSSR count). The van der Waals surface area contributed by atoms with Crippen LogP contribution in [0.4, 0.5) is 8.78 Å². The first-order chi connectivity index (χ1) is 17.4. The molecule has 0 atom stereocenters. The Morgan fingerprint density at radius 3 is 1.94 bits per heavy atom. The summed E-state index contributed by atoms with van der Waals surface area (Å²) in [5.74, 6) is 0. The van der Waals surface area contributed by atoms with Gasteiger partial charge in [0.25, 0.3) is 6.43 Å². The molecule has 0 saturated carbocycles. The van der Waals surface area contributed by atoms with Crippen LogP contribution in [0.25, 0.3) is 0 Å². The summed E-state index contributed by atoms with van der Waals surface area (Å²) in [6.07, 6.45) is 10.8. The van der Waals surface area contributed by atoms with Gasteiger partial charge in [-0.25, -0.2) is 8.78 Å². The quantitative estimate of drug-likeness (QED) is 0.265. The topological polar surface area (TPSA) is 49.6 Å². The van der Waals surface area contributed by atoms with E-state index in [0.29, 0.717) is 6.54 Å². The second-order valence-corrected chi connectivity index (χ2v) is 6.38. The van der Waals surface area contributed by atoms with Crippen molar-refractivity contribution in [1.29, 1.82) is 0 Å². The van der Waals surface area contributed by atoms with Crippen LogP contribution in [-0.4, -0.2) is 31.0 Å². The van der Waals surface area contributed by atoms with E-state index in [1.165, 1.54) is 25.1 Å². The van der Waals surface area contributed by atoms with Crippen molar-refractivity contribution in [2.75, 3.05) is 14.1 Å². The highest BCUT2D eigenvalue weighted by Crippen LogP contribution is 2.16. The molecule has 0 radical (unpaired) electrons. The van der Waals surface area contributed by atoms with Gasteiger partial charge in [-0.05, 0) is 45.0 Å². The zero-order valence-electron chi connectivity index (χ0n) is 25.2. The standard InChI is InChI=1S/C11H18N2.C8H10F2N2.C4H10.C3H6.2C2H6/c1-5-8-10(12-4)11(9-6-2)13-7-3;1-11-5-6-2-3-12-7(4-6)8(9)10;1-3-4-2;1-3-2;2*1-2/h5,7,9H,1,6,8H2,2-4H3;2-4,8,11H,5H2,1H3;3-4H2,1-2H3;3H,1H2,2H3;2*1-2H3. The molecule has 0 spiro atoms. The summed E-state index contributed by atoms with van der Waals surface area (Å²) < 4.78 is 24.2. The third-order valence-electron chi connectivity index (χ3n) is 3.52. The average molecular weight is 511 g/mol. The van der Waals surface area contributed by atoms with Crippen molar-refractivity contribution in [3.8, 4) is 0 Å². The zero-order valence-corrected chi connectivity index (χ0v) is 25.2. The summed E-state index contributed by atoms with van der Waals surface area (Å²) >= 11 is 0. The van der Waals surface area contributed by atoms with Gasteiger partial charge in [0.15, 0.2) is 0 Å². The normalized spacial score (nSPS) is 10.1. The number of unbranched alkanes of at least 4 members (excludes halogenated alkanes) is 1. The first kappa shape index (κ1) is 43.6. The molecular formula is C30H56F2N4. The molecule has 4 nitrogen and oxygen atoms in total. The maximum atomic E-state index is 12.1. The zero-order chi connectivity index (χ0) is 29.2. The Labute approximate surface area is 222 Å².